The van der Waals surface area contributed by atoms with Crippen LogP contribution in [-0.4, -0.2) is 33.3 Å². The lowest BCUT2D eigenvalue weighted by Gasteiger charge is -2.16. The average molecular weight is 324 g/mol. The van der Waals surface area contributed by atoms with Crippen LogP contribution in [0.4, 0.5) is 0 Å². The molecule has 128 valence electrons. The molecule has 0 aromatic heterocycles. The van der Waals surface area contributed by atoms with Crippen LogP contribution in [0.2, 0.25) is 0 Å². The summed E-state index contributed by atoms with van der Waals surface area (Å²) in [4.78, 5) is 0. The molecule has 2 aliphatic rings. The van der Waals surface area contributed by atoms with Gasteiger partial charge in [0.1, 0.15) is 5.75 Å². The molecular formula is C21H28N2O. The summed E-state index contributed by atoms with van der Waals surface area (Å²) in [5.41, 5.74) is 2.78. The molecule has 0 saturated carbocycles. The van der Waals surface area contributed by atoms with Crippen molar-refractivity contribution in [3.63, 3.8) is 0 Å². The Morgan fingerprint density at radius 1 is 0.917 bits per heavy atom. The molecule has 1 fully saturated rings. The van der Waals surface area contributed by atoms with Crippen molar-refractivity contribution in [3.8, 4) is 5.75 Å². The van der Waals surface area contributed by atoms with Crippen molar-refractivity contribution in [2.24, 2.45) is 0 Å². The van der Waals surface area contributed by atoms with Gasteiger partial charge in [-0.1, -0.05) is 36.8 Å². The zero-order chi connectivity index (χ0) is 16.6. The molecule has 0 amide bonds. The molecule has 0 spiro atoms. The highest BCUT2D eigenvalue weighted by atomic mass is 16.5. The highest BCUT2D eigenvalue weighted by Gasteiger charge is 2.09. The molecule has 3 heteroatoms. The molecular weight excluding hydrogens is 296 g/mol. The Bertz CT molecular complexity index is 678. The Hall–Kier alpha value is -1.84. The second-order valence-corrected chi connectivity index (χ2v) is 6.39. The summed E-state index contributed by atoms with van der Waals surface area (Å²) in [5.74, 6) is 0.921. The summed E-state index contributed by atoms with van der Waals surface area (Å²) in [7, 11) is 1.72. The lowest BCUT2D eigenvalue weighted by Crippen LogP contribution is -2.21. The van der Waals surface area contributed by atoms with E-state index in [1.54, 1.807) is 7.11 Å². The van der Waals surface area contributed by atoms with Crippen LogP contribution in [0, 0.1) is 0 Å². The summed E-state index contributed by atoms with van der Waals surface area (Å²) in [6.45, 7) is 4.53. The standard InChI is InChI=1S/C16H17NO.C5H11N/c1-18-14-6-5-12-3-2-4-15(16(12)11-14)13-7-9-17-10-8-13;1-2-4-6-5-3-1/h2-7,11,17H,8-10H2,1H3;6H,1-5H2. The minimum atomic E-state index is 0.921. The molecule has 0 bridgehead atoms. The Balaban J connectivity index is 0.000000238. The fourth-order valence-electron chi connectivity index (χ4n) is 3.33. The monoisotopic (exact) mass is 324 g/mol. The molecule has 2 heterocycles. The number of benzene rings is 2. The Labute approximate surface area is 145 Å². The first kappa shape index (κ1) is 17.0. The maximum atomic E-state index is 5.33. The van der Waals surface area contributed by atoms with Gasteiger partial charge in [-0.15, -0.1) is 0 Å². The van der Waals surface area contributed by atoms with Gasteiger partial charge in [0, 0.05) is 6.54 Å². The van der Waals surface area contributed by atoms with E-state index < -0.39 is 0 Å². The number of nitrogens with one attached hydrogen (secondary N) is 2. The highest BCUT2D eigenvalue weighted by molar-refractivity contribution is 5.94. The SMILES string of the molecule is C1CCNCC1.COc1ccc2cccc(C3=CCNCC3)c2c1. The Morgan fingerprint density at radius 2 is 1.79 bits per heavy atom. The first-order valence-electron chi connectivity index (χ1n) is 9.06. The number of hydrogen-bond acceptors (Lipinski definition) is 3. The van der Waals surface area contributed by atoms with Crippen LogP contribution in [0.3, 0.4) is 0 Å². The van der Waals surface area contributed by atoms with Gasteiger partial charge >= 0.3 is 0 Å². The maximum absolute atomic E-state index is 5.33. The first-order valence-corrected chi connectivity index (χ1v) is 9.06. The number of rotatable bonds is 2. The molecule has 2 aromatic rings. The number of ether oxygens (including phenoxy) is 1. The largest absolute Gasteiger partial charge is 0.497 e. The third-order valence-corrected chi connectivity index (χ3v) is 4.71. The number of methoxy groups -OCH3 is 1. The minimum absolute atomic E-state index is 0.921. The van der Waals surface area contributed by atoms with Gasteiger partial charge in [0.2, 0.25) is 0 Å². The van der Waals surface area contributed by atoms with E-state index in [-0.39, 0.29) is 0 Å². The molecule has 1 saturated heterocycles. The fraction of sp³-hybridized carbons (Fsp3) is 0.429. The van der Waals surface area contributed by atoms with Crippen LogP contribution in [-0.2, 0) is 0 Å². The quantitative estimate of drug-likeness (QED) is 0.876. The molecule has 2 aromatic carbocycles. The zero-order valence-corrected chi connectivity index (χ0v) is 14.6. The zero-order valence-electron chi connectivity index (χ0n) is 14.6. The van der Waals surface area contributed by atoms with Crippen LogP contribution in [0.15, 0.2) is 42.5 Å². The van der Waals surface area contributed by atoms with Gasteiger partial charge in [0.25, 0.3) is 0 Å². The van der Waals surface area contributed by atoms with Crippen molar-refractivity contribution < 1.29 is 4.74 Å². The average Bonchev–Trinajstić information content (AvgIpc) is 2.69. The molecule has 0 radical (unpaired) electrons. The summed E-state index contributed by atoms with van der Waals surface area (Å²) in [5, 5.41) is 9.19. The predicted molar refractivity (Wildman–Crippen MR) is 103 cm³/mol. The van der Waals surface area contributed by atoms with Gasteiger partial charge in [0.15, 0.2) is 0 Å². The van der Waals surface area contributed by atoms with E-state index in [4.69, 9.17) is 4.74 Å². The van der Waals surface area contributed by atoms with E-state index in [1.807, 2.05) is 6.07 Å². The fourth-order valence-corrected chi connectivity index (χ4v) is 3.33. The van der Waals surface area contributed by atoms with Gasteiger partial charge in [-0.2, -0.15) is 0 Å². The van der Waals surface area contributed by atoms with Gasteiger partial charge in [-0.05, 0) is 72.9 Å². The highest BCUT2D eigenvalue weighted by Crippen LogP contribution is 2.30. The molecule has 24 heavy (non-hydrogen) atoms. The van der Waals surface area contributed by atoms with E-state index in [2.05, 4.69) is 47.0 Å². The second-order valence-electron chi connectivity index (χ2n) is 6.39. The molecule has 2 aliphatic heterocycles. The van der Waals surface area contributed by atoms with Crippen molar-refractivity contribution in [1.29, 1.82) is 0 Å². The third kappa shape index (κ3) is 4.37. The number of piperidine rings is 1. The number of hydrogen-bond donors (Lipinski definition) is 2. The van der Waals surface area contributed by atoms with Gasteiger partial charge in [0.05, 0.1) is 7.11 Å². The lowest BCUT2D eigenvalue weighted by atomic mass is 9.94. The van der Waals surface area contributed by atoms with Gasteiger partial charge in [-0.25, -0.2) is 0 Å². The van der Waals surface area contributed by atoms with Crippen LogP contribution in [0.25, 0.3) is 16.3 Å². The smallest absolute Gasteiger partial charge is 0.119 e. The second kappa shape index (κ2) is 8.86. The molecule has 0 unspecified atom stereocenters. The van der Waals surface area contributed by atoms with E-state index in [0.717, 1.165) is 25.3 Å². The van der Waals surface area contributed by atoms with E-state index in [9.17, 15) is 0 Å². The third-order valence-electron chi connectivity index (χ3n) is 4.71. The van der Waals surface area contributed by atoms with E-state index >= 15 is 0 Å². The van der Waals surface area contributed by atoms with Crippen LogP contribution >= 0.6 is 0 Å². The van der Waals surface area contributed by atoms with Gasteiger partial charge in [-0.3, -0.25) is 0 Å². The molecule has 3 nitrogen and oxygen atoms in total. The van der Waals surface area contributed by atoms with Crippen LogP contribution in [0.1, 0.15) is 31.2 Å². The first-order chi connectivity index (χ1) is 11.9. The van der Waals surface area contributed by atoms with Crippen molar-refractivity contribution in [2.75, 3.05) is 33.3 Å². The summed E-state index contributed by atoms with van der Waals surface area (Å²) >= 11 is 0. The molecule has 4 rings (SSSR count). The Kier molecular flexibility index (Phi) is 6.27. The Morgan fingerprint density at radius 3 is 2.42 bits per heavy atom. The normalized spacial score (nSPS) is 17.6. The van der Waals surface area contributed by atoms with Gasteiger partial charge < -0.3 is 15.4 Å². The van der Waals surface area contributed by atoms with E-state index in [1.165, 1.54) is 54.3 Å². The lowest BCUT2D eigenvalue weighted by molar-refractivity contribution is 0.415. The van der Waals surface area contributed by atoms with Crippen molar-refractivity contribution >= 4 is 16.3 Å². The predicted octanol–water partition coefficient (Wildman–Crippen LogP) is 3.99. The topological polar surface area (TPSA) is 33.3 Å². The summed E-state index contributed by atoms with van der Waals surface area (Å²) in [6.07, 6.45) is 7.60. The van der Waals surface area contributed by atoms with Crippen LogP contribution in [0.5, 0.6) is 5.75 Å². The summed E-state index contributed by atoms with van der Waals surface area (Å²) in [6, 6.07) is 12.8. The van der Waals surface area contributed by atoms with Crippen molar-refractivity contribution in [2.45, 2.75) is 25.7 Å². The molecule has 2 N–H and O–H groups in total. The number of fused-ring (bicyclic) bond motifs is 1. The molecule has 0 atom stereocenters. The van der Waals surface area contributed by atoms with E-state index in [0.29, 0.717) is 0 Å². The summed E-state index contributed by atoms with van der Waals surface area (Å²) < 4.78 is 5.33. The van der Waals surface area contributed by atoms with Crippen molar-refractivity contribution in [3.05, 3.63) is 48.0 Å². The maximum Gasteiger partial charge on any atom is 0.119 e. The van der Waals surface area contributed by atoms with Crippen LogP contribution < -0.4 is 15.4 Å². The molecule has 0 aliphatic carbocycles. The minimum Gasteiger partial charge on any atom is -0.497 e. The van der Waals surface area contributed by atoms with Crippen molar-refractivity contribution in [1.82, 2.24) is 10.6 Å².